The smallest absolute Gasteiger partial charge is 0.258 e. The lowest BCUT2D eigenvalue weighted by Crippen LogP contribution is -2.53. The molecule has 56 valence electrons. The van der Waals surface area contributed by atoms with Crippen molar-refractivity contribution in [1.29, 1.82) is 0 Å². The van der Waals surface area contributed by atoms with Crippen molar-refractivity contribution in [3.8, 4) is 0 Å². The summed E-state index contributed by atoms with van der Waals surface area (Å²) in [7, 11) is 0. The van der Waals surface area contributed by atoms with Crippen LogP contribution in [0.1, 0.15) is 13.8 Å². The van der Waals surface area contributed by atoms with E-state index in [2.05, 4.69) is 5.32 Å². The first-order valence-electron chi connectivity index (χ1n) is 3.00. The number of hydrogen-bond acceptors (Lipinski definition) is 3. The van der Waals surface area contributed by atoms with E-state index in [1.54, 1.807) is 13.8 Å². The fourth-order valence-electron chi connectivity index (χ4n) is 0.625. The summed E-state index contributed by atoms with van der Waals surface area (Å²) in [6, 6.07) is 0. The normalized spacial score (nSPS) is 24.2. The molecule has 1 N–H and O–H groups in total. The lowest BCUT2D eigenvalue weighted by molar-refractivity contribution is -0.159. The Labute approximate surface area is 58.5 Å². The third-order valence-corrected chi connectivity index (χ3v) is 1.36. The summed E-state index contributed by atoms with van der Waals surface area (Å²) < 4.78 is 4.93. The minimum absolute atomic E-state index is 0.0290. The zero-order valence-electron chi connectivity index (χ0n) is 5.93. The summed E-state index contributed by atoms with van der Waals surface area (Å²) >= 11 is 0. The molecule has 4 heteroatoms. The largest absolute Gasteiger partial charge is 0.356 e. The van der Waals surface area contributed by atoms with E-state index < -0.39 is 5.60 Å². The van der Waals surface area contributed by atoms with E-state index in [1.807, 2.05) is 0 Å². The van der Waals surface area contributed by atoms with Gasteiger partial charge in [0.1, 0.15) is 12.2 Å². The number of morpholine rings is 1. The van der Waals surface area contributed by atoms with Crippen molar-refractivity contribution in [2.24, 2.45) is 0 Å². The second-order valence-corrected chi connectivity index (χ2v) is 2.68. The van der Waals surface area contributed by atoms with Gasteiger partial charge in [-0.1, -0.05) is 0 Å². The Hall–Kier alpha value is -0.900. The maximum atomic E-state index is 10.9. The summed E-state index contributed by atoms with van der Waals surface area (Å²) in [5.41, 5.74) is -0.853. The first kappa shape index (κ1) is 7.21. The van der Waals surface area contributed by atoms with Gasteiger partial charge in [-0.25, -0.2) is 0 Å². The van der Waals surface area contributed by atoms with Crippen LogP contribution in [0.25, 0.3) is 0 Å². The number of nitrogens with one attached hydrogen (secondary N) is 1. The topological polar surface area (TPSA) is 55.4 Å². The van der Waals surface area contributed by atoms with E-state index in [0.717, 1.165) is 0 Å². The number of imide groups is 1. The van der Waals surface area contributed by atoms with Gasteiger partial charge in [0, 0.05) is 0 Å². The minimum atomic E-state index is -0.853. The SMILES string of the molecule is CC1(C)OCC(=O)NC1=O. The highest BCUT2D eigenvalue weighted by Gasteiger charge is 2.34. The highest BCUT2D eigenvalue weighted by Crippen LogP contribution is 2.11. The van der Waals surface area contributed by atoms with Gasteiger partial charge in [0.05, 0.1) is 0 Å². The number of amides is 2. The highest BCUT2D eigenvalue weighted by atomic mass is 16.5. The van der Waals surface area contributed by atoms with Gasteiger partial charge in [-0.15, -0.1) is 0 Å². The molecule has 1 fully saturated rings. The van der Waals surface area contributed by atoms with Crippen molar-refractivity contribution in [2.45, 2.75) is 19.4 Å². The molecule has 10 heavy (non-hydrogen) atoms. The van der Waals surface area contributed by atoms with Gasteiger partial charge in [-0.05, 0) is 13.8 Å². The molecular weight excluding hydrogens is 134 g/mol. The predicted molar refractivity (Wildman–Crippen MR) is 33.2 cm³/mol. The maximum absolute atomic E-state index is 10.9. The molecule has 0 spiro atoms. The Morgan fingerprint density at radius 2 is 2.10 bits per heavy atom. The van der Waals surface area contributed by atoms with Gasteiger partial charge in [-0.3, -0.25) is 14.9 Å². The van der Waals surface area contributed by atoms with Crippen molar-refractivity contribution in [1.82, 2.24) is 5.32 Å². The number of carbonyl (C=O) groups is 2. The van der Waals surface area contributed by atoms with Crippen LogP contribution in [0.5, 0.6) is 0 Å². The summed E-state index contributed by atoms with van der Waals surface area (Å²) in [4.78, 5) is 21.4. The van der Waals surface area contributed by atoms with Gasteiger partial charge in [-0.2, -0.15) is 0 Å². The fraction of sp³-hybridized carbons (Fsp3) is 0.667. The molecule has 0 atom stereocenters. The Bertz CT molecular complexity index is 185. The molecule has 0 unspecified atom stereocenters. The van der Waals surface area contributed by atoms with Gasteiger partial charge >= 0.3 is 0 Å². The van der Waals surface area contributed by atoms with Crippen molar-refractivity contribution >= 4 is 11.8 Å². The lowest BCUT2D eigenvalue weighted by atomic mass is 10.1. The molecule has 1 saturated heterocycles. The van der Waals surface area contributed by atoms with E-state index >= 15 is 0 Å². The Balaban J connectivity index is 2.70. The van der Waals surface area contributed by atoms with Crippen LogP contribution in [0, 0.1) is 0 Å². The molecule has 1 aliphatic heterocycles. The van der Waals surface area contributed by atoms with Crippen LogP contribution in [0.3, 0.4) is 0 Å². The summed E-state index contributed by atoms with van der Waals surface area (Å²) in [5, 5.41) is 2.17. The molecule has 1 rings (SSSR count). The van der Waals surface area contributed by atoms with E-state index in [-0.39, 0.29) is 18.4 Å². The Kier molecular flexibility index (Phi) is 1.48. The number of ether oxygens (including phenoxy) is 1. The summed E-state index contributed by atoms with van der Waals surface area (Å²) in [6.07, 6.45) is 0. The molecule has 0 bridgehead atoms. The fourth-order valence-corrected chi connectivity index (χ4v) is 0.625. The van der Waals surface area contributed by atoms with E-state index in [4.69, 9.17) is 4.74 Å². The quantitative estimate of drug-likeness (QED) is 0.462. The van der Waals surface area contributed by atoms with Crippen LogP contribution in [0.4, 0.5) is 0 Å². The van der Waals surface area contributed by atoms with E-state index in [0.29, 0.717) is 0 Å². The average Bonchev–Trinajstić information content (AvgIpc) is 1.81. The van der Waals surface area contributed by atoms with Gasteiger partial charge in [0.2, 0.25) is 0 Å². The van der Waals surface area contributed by atoms with Gasteiger partial charge in [0.15, 0.2) is 0 Å². The highest BCUT2D eigenvalue weighted by molar-refractivity contribution is 6.01. The minimum Gasteiger partial charge on any atom is -0.356 e. The first-order valence-corrected chi connectivity index (χ1v) is 3.00. The van der Waals surface area contributed by atoms with E-state index in [9.17, 15) is 9.59 Å². The molecule has 1 heterocycles. The van der Waals surface area contributed by atoms with Gasteiger partial charge < -0.3 is 4.74 Å². The van der Waals surface area contributed by atoms with E-state index in [1.165, 1.54) is 0 Å². The van der Waals surface area contributed by atoms with Crippen molar-refractivity contribution in [2.75, 3.05) is 6.61 Å². The van der Waals surface area contributed by atoms with Crippen LogP contribution in [-0.4, -0.2) is 24.0 Å². The van der Waals surface area contributed by atoms with Crippen LogP contribution in [-0.2, 0) is 14.3 Å². The molecule has 0 aromatic rings. The first-order chi connectivity index (χ1) is 4.52. The summed E-state index contributed by atoms with van der Waals surface area (Å²) in [5.74, 6) is -0.743. The zero-order chi connectivity index (χ0) is 7.78. The molecule has 1 aliphatic rings. The standard InChI is InChI=1S/C6H9NO3/c1-6(2)5(9)7-4(8)3-10-6/h3H2,1-2H3,(H,7,8,9). The number of rotatable bonds is 0. The second-order valence-electron chi connectivity index (χ2n) is 2.68. The molecule has 2 amide bonds. The monoisotopic (exact) mass is 143 g/mol. The molecular formula is C6H9NO3. The van der Waals surface area contributed by atoms with Crippen LogP contribution in [0.15, 0.2) is 0 Å². The van der Waals surface area contributed by atoms with Crippen molar-refractivity contribution < 1.29 is 14.3 Å². The van der Waals surface area contributed by atoms with Gasteiger partial charge in [0.25, 0.3) is 11.8 Å². The molecule has 4 nitrogen and oxygen atoms in total. The van der Waals surface area contributed by atoms with Crippen LogP contribution >= 0.6 is 0 Å². The third kappa shape index (κ3) is 1.16. The number of hydrogen-bond donors (Lipinski definition) is 1. The molecule has 0 aromatic heterocycles. The lowest BCUT2D eigenvalue weighted by Gasteiger charge is -2.27. The summed E-state index contributed by atoms with van der Waals surface area (Å²) in [6.45, 7) is 3.21. The zero-order valence-corrected chi connectivity index (χ0v) is 5.93. The molecule has 0 saturated carbocycles. The third-order valence-electron chi connectivity index (χ3n) is 1.36. The average molecular weight is 143 g/mol. The number of carbonyl (C=O) groups excluding carboxylic acids is 2. The van der Waals surface area contributed by atoms with Crippen molar-refractivity contribution in [3.63, 3.8) is 0 Å². The van der Waals surface area contributed by atoms with Crippen molar-refractivity contribution in [3.05, 3.63) is 0 Å². The Morgan fingerprint density at radius 3 is 2.50 bits per heavy atom. The maximum Gasteiger partial charge on any atom is 0.258 e. The second kappa shape index (κ2) is 2.05. The molecule has 0 aliphatic carbocycles. The van der Waals surface area contributed by atoms with Crippen LogP contribution in [0.2, 0.25) is 0 Å². The predicted octanol–water partition coefficient (Wildman–Crippen LogP) is -0.562. The Morgan fingerprint density at radius 1 is 1.50 bits per heavy atom. The van der Waals surface area contributed by atoms with Crippen LogP contribution < -0.4 is 5.32 Å². The molecule has 0 radical (unpaired) electrons. The molecule has 0 aromatic carbocycles.